The summed E-state index contributed by atoms with van der Waals surface area (Å²) >= 11 is 1.78. The van der Waals surface area contributed by atoms with E-state index in [1.165, 1.54) is 5.56 Å². The molecule has 0 saturated carbocycles. The normalized spacial score (nSPS) is 19.9. The molecule has 1 fully saturated rings. The number of thioether (sulfide) groups is 1. The molecule has 1 aliphatic rings. The van der Waals surface area contributed by atoms with Gasteiger partial charge < -0.3 is 10.5 Å². The van der Waals surface area contributed by atoms with Crippen molar-refractivity contribution in [2.75, 3.05) is 20.2 Å². The summed E-state index contributed by atoms with van der Waals surface area (Å²) in [5.74, 6) is 1.66. The van der Waals surface area contributed by atoms with Gasteiger partial charge in [-0.05, 0) is 47.0 Å². The third kappa shape index (κ3) is 4.34. The Bertz CT molecular complexity index is 1120. The first-order valence-corrected chi connectivity index (χ1v) is 12.5. The molecule has 1 aliphatic heterocycles. The van der Waals surface area contributed by atoms with Crippen molar-refractivity contribution in [2.45, 2.75) is 28.4 Å². The summed E-state index contributed by atoms with van der Waals surface area (Å²) in [4.78, 5) is 0.334. The van der Waals surface area contributed by atoms with E-state index in [9.17, 15) is 8.42 Å². The zero-order valence-corrected chi connectivity index (χ0v) is 18.5. The van der Waals surface area contributed by atoms with Gasteiger partial charge in [-0.2, -0.15) is 16.1 Å². The zero-order valence-electron chi connectivity index (χ0n) is 16.9. The highest BCUT2D eigenvalue weighted by atomic mass is 32.2. The van der Waals surface area contributed by atoms with Crippen molar-refractivity contribution < 1.29 is 13.2 Å². The molecular weight excluding hydrogens is 416 g/mol. The standard InChI is InChI=1S/C23H26N2O3S2/c1-28-21-9-6-17(7-10-21)16-29-22-13-20(14-24)25(15-22)30(26,27)23-11-8-18-4-2-3-5-19(18)12-23/h2-12,20,22H,13-16,24H2,1H3. The van der Waals surface area contributed by atoms with E-state index in [-0.39, 0.29) is 11.3 Å². The van der Waals surface area contributed by atoms with Gasteiger partial charge in [0.1, 0.15) is 5.75 Å². The largest absolute Gasteiger partial charge is 0.497 e. The van der Waals surface area contributed by atoms with Crippen LogP contribution in [0.2, 0.25) is 0 Å². The molecule has 158 valence electrons. The zero-order chi connectivity index (χ0) is 21.1. The van der Waals surface area contributed by atoms with Gasteiger partial charge >= 0.3 is 0 Å². The Morgan fingerprint density at radius 3 is 2.50 bits per heavy atom. The monoisotopic (exact) mass is 442 g/mol. The van der Waals surface area contributed by atoms with Crippen LogP contribution < -0.4 is 10.5 Å². The van der Waals surface area contributed by atoms with E-state index in [4.69, 9.17) is 10.5 Å². The van der Waals surface area contributed by atoms with Crippen molar-refractivity contribution in [3.05, 3.63) is 72.3 Å². The molecule has 1 saturated heterocycles. The van der Waals surface area contributed by atoms with E-state index < -0.39 is 10.0 Å². The minimum Gasteiger partial charge on any atom is -0.497 e. The molecule has 7 heteroatoms. The van der Waals surface area contributed by atoms with Crippen LogP contribution in [0.25, 0.3) is 10.8 Å². The number of hydrogen-bond acceptors (Lipinski definition) is 5. The van der Waals surface area contributed by atoms with Crippen LogP contribution in [-0.2, 0) is 15.8 Å². The fraction of sp³-hybridized carbons (Fsp3) is 0.304. The number of fused-ring (bicyclic) bond motifs is 1. The van der Waals surface area contributed by atoms with Crippen LogP contribution in [0.15, 0.2) is 71.6 Å². The minimum atomic E-state index is -3.59. The van der Waals surface area contributed by atoms with E-state index >= 15 is 0 Å². The molecule has 2 atom stereocenters. The number of sulfonamides is 1. The summed E-state index contributed by atoms with van der Waals surface area (Å²) in [5.41, 5.74) is 7.16. The molecule has 0 amide bonds. The first kappa shape index (κ1) is 21.2. The van der Waals surface area contributed by atoms with Gasteiger partial charge in [0, 0.05) is 30.1 Å². The van der Waals surface area contributed by atoms with Crippen LogP contribution in [0.5, 0.6) is 5.75 Å². The van der Waals surface area contributed by atoms with Crippen molar-refractivity contribution in [1.29, 1.82) is 0 Å². The molecule has 2 unspecified atom stereocenters. The highest BCUT2D eigenvalue weighted by molar-refractivity contribution is 7.99. The minimum absolute atomic E-state index is 0.171. The number of ether oxygens (including phenoxy) is 1. The number of rotatable bonds is 7. The van der Waals surface area contributed by atoms with Crippen LogP contribution in [0.3, 0.4) is 0 Å². The van der Waals surface area contributed by atoms with Crippen LogP contribution in [0.4, 0.5) is 0 Å². The molecular formula is C23H26N2O3S2. The maximum atomic E-state index is 13.4. The molecule has 0 bridgehead atoms. The predicted molar refractivity (Wildman–Crippen MR) is 123 cm³/mol. The van der Waals surface area contributed by atoms with Crippen molar-refractivity contribution in [3.63, 3.8) is 0 Å². The van der Waals surface area contributed by atoms with Gasteiger partial charge in [0.15, 0.2) is 0 Å². The third-order valence-corrected chi connectivity index (χ3v) is 8.80. The summed E-state index contributed by atoms with van der Waals surface area (Å²) in [6.45, 7) is 0.810. The van der Waals surface area contributed by atoms with Gasteiger partial charge in [-0.1, -0.05) is 42.5 Å². The van der Waals surface area contributed by atoms with E-state index in [0.717, 1.165) is 28.7 Å². The highest BCUT2D eigenvalue weighted by Gasteiger charge is 2.39. The lowest BCUT2D eigenvalue weighted by atomic mass is 10.1. The molecule has 3 aromatic carbocycles. The molecule has 0 aliphatic carbocycles. The fourth-order valence-corrected chi connectivity index (χ4v) is 6.94. The number of benzene rings is 3. The Balaban J connectivity index is 1.49. The molecule has 1 heterocycles. The molecule has 3 aromatic rings. The fourth-order valence-electron chi connectivity index (χ4n) is 3.87. The summed E-state index contributed by atoms with van der Waals surface area (Å²) in [6.07, 6.45) is 0.768. The van der Waals surface area contributed by atoms with Gasteiger partial charge in [0.2, 0.25) is 10.0 Å². The Hall–Kier alpha value is -2.06. The van der Waals surface area contributed by atoms with Crippen molar-refractivity contribution in [1.82, 2.24) is 4.31 Å². The molecule has 5 nitrogen and oxygen atoms in total. The molecule has 2 N–H and O–H groups in total. The lowest BCUT2D eigenvalue weighted by Gasteiger charge is -2.23. The van der Waals surface area contributed by atoms with Gasteiger partial charge in [0.05, 0.1) is 12.0 Å². The number of nitrogens with zero attached hydrogens (tertiary/aromatic N) is 1. The first-order chi connectivity index (χ1) is 14.5. The van der Waals surface area contributed by atoms with Gasteiger partial charge in [-0.15, -0.1) is 0 Å². The lowest BCUT2D eigenvalue weighted by molar-refractivity contribution is 0.393. The number of nitrogens with two attached hydrogens (primary N) is 1. The van der Waals surface area contributed by atoms with E-state index in [1.54, 1.807) is 35.3 Å². The molecule has 0 aromatic heterocycles. The summed E-state index contributed by atoms with van der Waals surface area (Å²) in [6, 6.07) is 20.9. The van der Waals surface area contributed by atoms with Gasteiger partial charge in [-0.25, -0.2) is 8.42 Å². The quantitative estimate of drug-likeness (QED) is 0.601. The molecule has 4 rings (SSSR count). The van der Waals surface area contributed by atoms with Gasteiger partial charge in [-0.3, -0.25) is 0 Å². The van der Waals surface area contributed by atoms with Crippen LogP contribution in [-0.4, -0.2) is 44.2 Å². The van der Waals surface area contributed by atoms with E-state index in [0.29, 0.717) is 18.0 Å². The molecule has 30 heavy (non-hydrogen) atoms. The predicted octanol–water partition coefficient (Wildman–Crippen LogP) is 3.87. The molecule has 0 spiro atoms. The molecule has 0 radical (unpaired) electrons. The van der Waals surface area contributed by atoms with Crippen LogP contribution >= 0.6 is 11.8 Å². The average Bonchev–Trinajstić information content (AvgIpc) is 3.22. The second-order valence-corrected chi connectivity index (χ2v) is 10.7. The van der Waals surface area contributed by atoms with Crippen LogP contribution in [0, 0.1) is 0 Å². The first-order valence-electron chi connectivity index (χ1n) is 9.96. The third-order valence-electron chi connectivity index (χ3n) is 5.57. The average molecular weight is 443 g/mol. The second kappa shape index (κ2) is 8.98. The maximum Gasteiger partial charge on any atom is 0.243 e. The highest BCUT2D eigenvalue weighted by Crippen LogP contribution is 2.34. The maximum absolute atomic E-state index is 13.4. The Morgan fingerprint density at radius 2 is 1.80 bits per heavy atom. The lowest BCUT2D eigenvalue weighted by Crippen LogP contribution is -2.40. The van der Waals surface area contributed by atoms with E-state index in [1.807, 2.05) is 54.6 Å². The van der Waals surface area contributed by atoms with Gasteiger partial charge in [0.25, 0.3) is 0 Å². The Labute approximate surface area is 182 Å². The SMILES string of the molecule is COc1ccc(CSC2CC(CN)N(S(=O)(=O)c3ccc4ccccc4c3)C2)cc1. The number of methoxy groups -OCH3 is 1. The topological polar surface area (TPSA) is 72.6 Å². The summed E-state index contributed by atoms with van der Waals surface area (Å²) in [5, 5.41) is 2.17. The van der Waals surface area contributed by atoms with Crippen molar-refractivity contribution in [3.8, 4) is 5.75 Å². The summed E-state index contributed by atoms with van der Waals surface area (Å²) < 4.78 is 33.6. The Kier molecular flexibility index (Phi) is 6.34. The van der Waals surface area contributed by atoms with Crippen molar-refractivity contribution >= 4 is 32.6 Å². The van der Waals surface area contributed by atoms with Crippen LogP contribution in [0.1, 0.15) is 12.0 Å². The van der Waals surface area contributed by atoms with E-state index in [2.05, 4.69) is 0 Å². The second-order valence-electron chi connectivity index (χ2n) is 7.49. The summed E-state index contributed by atoms with van der Waals surface area (Å²) in [7, 11) is -1.94. The van der Waals surface area contributed by atoms with Crippen molar-refractivity contribution in [2.24, 2.45) is 5.73 Å². The Morgan fingerprint density at radius 1 is 1.07 bits per heavy atom. The number of hydrogen-bond donors (Lipinski definition) is 1. The smallest absolute Gasteiger partial charge is 0.243 e.